The third kappa shape index (κ3) is 4.46. The number of nitriles is 1. The molecule has 1 rings (SSSR count). The summed E-state index contributed by atoms with van der Waals surface area (Å²) in [5.41, 5.74) is 2.77. The molecule has 0 heterocycles. The SMILES string of the molecule is Cc1ccc(N/C=C(/C#N)C(=O)NCC(=O)O)cc1C. The second-order valence-corrected chi connectivity index (χ2v) is 4.19. The van der Waals surface area contributed by atoms with E-state index in [4.69, 9.17) is 10.4 Å². The molecule has 1 amide bonds. The molecule has 0 bridgehead atoms. The fourth-order valence-corrected chi connectivity index (χ4v) is 1.39. The number of aryl methyl sites for hydroxylation is 2. The van der Waals surface area contributed by atoms with Crippen LogP contribution in [-0.4, -0.2) is 23.5 Å². The van der Waals surface area contributed by atoms with Gasteiger partial charge in [0, 0.05) is 11.9 Å². The van der Waals surface area contributed by atoms with E-state index in [0.29, 0.717) is 0 Å². The van der Waals surface area contributed by atoms with Crippen molar-refractivity contribution in [3.8, 4) is 6.07 Å². The number of carboxylic acid groups (broad SMARTS) is 1. The van der Waals surface area contributed by atoms with E-state index in [1.807, 2.05) is 32.0 Å². The highest BCUT2D eigenvalue weighted by atomic mass is 16.4. The lowest BCUT2D eigenvalue weighted by Crippen LogP contribution is -2.30. The van der Waals surface area contributed by atoms with E-state index in [9.17, 15) is 9.59 Å². The molecule has 0 aliphatic carbocycles. The van der Waals surface area contributed by atoms with Gasteiger partial charge in [-0.15, -0.1) is 0 Å². The van der Waals surface area contributed by atoms with Crippen LogP contribution in [-0.2, 0) is 9.59 Å². The Morgan fingerprint density at radius 1 is 1.35 bits per heavy atom. The molecular formula is C14H15N3O3. The predicted octanol–water partition coefficient (Wildman–Crippen LogP) is 1.32. The van der Waals surface area contributed by atoms with E-state index in [2.05, 4.69) is 10.6 Å². The number of carboxylic acids is 1. The molecule has 1 aromatic carbocycles. The first-order valence-corrected chi connectivity index (χ1v) is 5.88. The van der Waals surface area contributed by atoms with Crippen LogP contribution in [0.4, 0.5) is 5.69 Å². The molecule has 0 aromatic heterocycles. The van der Waals surface area contributed by atoms with Crippen molar-refractivity contribution in [3.05, 3.63) is 41.1 Å². The highest BCUT2D eigenvalue weighted by Crippen LogP contribution is 2.14. The monoisotopic (exact) mass is 273 g/mol. The number of hydrogen-bond acceptors (Lipinski definition) is 4. The van der Waals surface area contributed by atoms with Crippen molar-refractivity contribution < 1.29 is 14.7 Å². The number of nitrogens with zero attached hydrogens (tertiary/aromatic N) is 1. The van der Waals surface area contributed by atoms with Gasteiger partial charge in [0.05, 0.1) is 0 Å². The van der Waals surface area contributed by atoms with Gasteiger partial charge in [-0.2, -0.15) is 5.26 Å². The minimum absolute atomic E-state index is 0.190. The molecule has 104 valence electrons. The van der Waals surface area contributed by atoms with Crippen LogP contribution in [0.2, 0.25) is 0 Å². The third-order valence-electron chi connectivity index (χ3n) is 2.66. The van der Waals surface area contributed by atoms with Crippen molar-refractivity contribution >= 4 is 17.6 Å². The number of rotatable bonds is 5. The molecule has 6 heteroatoms. The molecule has 6 nitrogen and oxygen atoms in total. The largest absolute Gasteiger partial charge is 0.480 e. The maximum absolute atomic E-state index is 11.5. The molecule has 3 N–H and O–H groups in total. The van der Waals surface area contributed by atoms with E-state index < -0.39 is 18.4 Å². The van der Waals surface area contributed by atoms with Gasteiger partial charge in [0.2, 0.25) is 0 Å². The topological polar surface area (TPSA) is 102 Å². The Morgan fingerprint density at radius 2 is 2.05 bits per heavy atom. The van der Waals surface area contributed by atoms with Crippen molar-refractivity contribution in [1.29, 1.82) is 5.26 Å². The Morgan fingerprint density at radius 3 is 2.60 bits per heavy atom. The van der Waals surface area contributed by atoms with E-state index in [1.165, 1.54) is 6.20 Å². The van der Waals surface area contributed by atoms with Crippen molar-refractivity contribution in [2.45, 2.75) is 13.8 Å². The highest BCUT2D eigenvalue weighted by Gasteiger charge is 2.09. The Balaban J connectivity index is 2.75. The highest BCUT2D eigenvalue weighted by molar-refractivity contribution is 5.98. The fraction of sp³-hybridized carbons (Fsp3) is 0.214. The summed E-state index contributed by atoms with van der Waals surface area (Å²) in [6.45, 7) is 3.41. The summed E-state index contributed by atoms with van der Waals surface area (Å²) in [6.07, 6.45) is 1.25. The summed E-state index contributed by atoms with van der Waals surface area (Å²) in [5.74, 6) is -1.90. The van der Waals surface area contributed by atoms with Gasteiger partial charge in [-0.1, -0.05) is 6.07 Å². The number of anilines is 1. The number of aliphatic carboxylic acids is 1. The van der Waals surface area contributed by atoms with Crippen molar-refractivity contribution in [2.24, 2.45) is 0 Å². The van der Waals surface area contributed by atoms with Crippen molar-refractivity contribution in [3.63, 3.8) is 0 Å². The number of hydrogen-bond donors (Lipinski definition) is 3. The van der Waals surface area contributed by atoms with Crippen LogP contribution < -0.4 is 10.6 Å². The summed E-state index contributed by atoms with van der Waals surface area (Å²) in [5, 5.41) is 22.3. The maximum atomic E-state index is 11.5. The van der Waals surface area contributed by atoms with Gasteiger partial charge in [0.15, 0.2) is 0 Å². The molecule has 0 saturated carbocycles. The van der Waals surface area contributed by atoms with E-state index in [0.717, 1.165) is 16.8 Å². The van der Waals surface area contributed by atoms with Crippen LogP contribution in [0.15, 0.2) is 30.0 Å². The average Bonchev–Trinajstić information content (AvgIpc) is 2.41. The minimum atomic E-state index is -1.17. The molecule has 20 heavy (non-hydrogen) atoms. The molecule has 0 aliphatic rings. The Bertz CT molecular complexity index is 600. The van der Waals surface area contributed by atoms with Gasteiger partial charge in [-0.05, 0) is 37.1 Å². The maximum Gasteiger partial charge on any atom is 0.322 e. The zero-order valence-corrected chi connectivity index (χ0v) is 11.2. The second-order valence-electron chi connectivity index (χ2n) is 4.19. The molecular weight excluding hydrogens is 258 g/mol. The molecule has 0 unspecified atom stereocenters. The van der Waals surface area contributed by atoms with Crippen LogP contribution in [0.5, 0.6) is 0 Å². The quantitative estimate of drug-likeness (QED) is 0.554. The lowest BCUT2D eigenvalue weighted by molar-refractivity contribution is -0.137. The van der Waals surface area contributed by atoms with E-state index in [1.54, 1.807) is 6.07 Å². The summed E-state index contributed by atoms with van der Waals surface area (Å²) in [6, 6.07) is 7.34. The van der Waals surface area contributed by atoms with E-state index >= 15 is 0 Å². The summed E-state index contributed by atoms with van der Waals surface area (Å²) in [7, 11) is 0. The Hall–Kier alpha value is -2.81. The Labute approximate surface area is 116 Å². The van der Waals surface area contributed by atoms with Crippen LogP contribution in [0, 0.1) is 25.2 Å². The standard InChI is InChI=1S/C14H15N3O3/c1-9-3-4-12(5-10(9)2)16-7-11(6-15)14(20)17-8-13(18)19/h3-5,7,16H,8H2,1-2H3,(H,17,20)(H,18,19)/b11-7-. The minimum Gasteiger partial charge on any atom is -0.480 e. The normalized spacial score (nSPS) is 10.6. The van der Waals surface area contributed by atoms with Crippen LogP contribution in [0.25, 0.3) is 0 Å². The first kappa shape index (κ1) is 15.2. The number of carbonyl (C=O) groups is 2. The number of amides is 1. The lowest BCUT2D eigenvalue weighted by Gasteiger charge is -2.06. The van der Waals surface area contributed by atoms with Gasteiger partial charge in [-0.25, -0.2) is 0 Å². The van der Waals surface area contributed by atoms with E-state index in [-0.39, 0.29) is 5.57 Å². The van der Waals surface area contributed by atoms with Gasteiger partial charge in [-0.3, -0.25) is 9.59 Å². The second kappa shape index (κ2) is 6.95. The van der Waals surface area contributed by atoms with Crippen molar-refractivity contribution in [1.82, 2.24) is 5.32 Å². The number of carbonyl (C=O) groups excluding carboxylic acids is 1. The third-order valence-corrected chi connectivity index (χ3v) is 2.66. The van der Waals surface area contributed by atoms with Crippen molar-refractivity contribution in [2.75, 3.05) is 11.9 Å². The van der Waals surface area contributed by atoms with Crippen LogP contribution >= 0.6 is 0 Å². The fourth-order valence-electron chi connectivity index (χ4n) is 1.39. The van der Waals surface area contributed by atoms with Crippen LogP contribution in [0.1, 0.15) is 11.1 Å². The predicted molar refractivity (Wildman–Crippen MR) is 73.9 cm³/mol. The van der Waals surface area contributed by atoms with Gasteiger partial charge >= 0.3 is 5.97 Å². The molecule has 0 spiro atoms. The molecule has 1 aromatic rings. The molecule has 0 aliphatic heterocycles. The molecule has 0 fully saturated rings. The first-order valence-electron chi connectivity index (χ1n) is 5.88. The summed E-state index contributed by atoms with van der Waals surface area (Å²) in [4.78, 5) is 21.8. The Kier molecular flexibility index (Phi) is 5.30. The smallest absolute Gasteiger partial charge is 0.322 e. The lowest BCUT2D eigenvalue weighted by atomic mass is 10.1. The molecule has 0 atom stereocenters. The molecule has 0 radical (unpaired) electrons. The molecule has 0 saturated heterocycles. The van der Waals surface area contributed by atoms with Crippen LogP contribution in [0.3, 0.4) is 0 Å². The van der Waals surface area contributed by atoms with Gasteiger partial charge in [0.1, 0.15) is 18.2 Å². The average molecular weight is 273 g/mol. The summed E-state index contributed by atoms with van der Waals surface area (Å²) >= 11 is 0. The van der Waals surface area contributed by atoms with Gasteiger partial charge < -0.3 is 15.7 Å². The zero-order valence-electron chi connectivity index (χ0n) is 11.2. The first-order chi connectivity index (χ1) is 9.43. The van der Waals surface area contributed by atoms with Gasteiger partial charge in [0.25, 0.3) is 5.91 Å². The number of nitrogens with one attached hydrogen (secondary N) is 2. The summed E-state index contributed by atoms with van der Waals surface area (Å²) < 4.78 is 0. The zero-order chi connectivity index (χ0) is 15.1. The number of benzene rings is 1.